The van der Waals surface area contributed by atoms with E-state index in [-0.39, 0.29) is 11.7 Å². The molecule has 0 atom stereocenters. The van der Waals surface area contributed by atoms with Gasteiger partial charge in [-0.05, 0) is 68.3 Å². The van der Waals surface area contributed by atoms with Crippen LogP contribution in [0.2, 0.25) is 0 Å². The molecule has 4 aromatic rings. The summed E-state index contributed by atoms with van der Waals surface area (Å²) in [6.45, 7) is 6.16. The van der Waals surface area contributed by atoms with Gasteiger partial charge in [-0.3, -0.25) is 9.36 Å². The van der Waals surface area contributed by atoms with Gasteiger partial charge in [0.15, 0.2) is 5.16 Å². The van der Waals surface area contributed by atoms with Crippen molar-refractivity contribution < 1.29 is 4.79 Å². The number of aryl methyl sites for hydroxylation is 3. The third-order valence-electron chi connectivity index (χ3n) is 4.98. The molecule has 0 aliphatic rings. The van der Waals surface area contributed by atoms with Crippen LogP contribution in [0.3, 0.4) is 0 Å². The summed E-state index contributed by atoms with van der Waals surface area (Å²) in [4.78, 5) is 13.7. The lowest BCUT2D eigenvalue weighted by atomic mass is 10.2. The Balaban J connectivity index is 1.51. The van der Waals surface area contributed by atoms with Crippen molar-refractivity contribution >= 4 is 35.1 Å². The molecule has 7 heteroatoms. The van der Waals surface area contributed by atoms with Gasteiger partial charge in [-0.15, -0.1) is 22.0 Å². The van der Waals surface area contributed by atoms with E-state index in [9.17, 15) is 4.79 Å². The highest BCUT2D eigenvalue weighted by Gasteiger charge is 2.16. The zero-order valence-corrected chi connectivity index (χ0v) is 20.5. The third kappa shape index (κ3) is 6.27. The molecule has 0 aliphatic carbocycles. The van der Waals surface area contributed by atoms with Crippen molar-refractivity contribution in [2.45, 2.75) is 36.6 Å². The van der Waals surface area contributed by atoms with Gasteiger partial charge in [-0.1, -0.05) is 53.7 Å². The number of hydrogen-bond donors (Lipinski definition) is 1. The SMILES string of the molecule is Cc1ccc(SCc2nnc(SCC(=O)Nc3cccc(C)c3)n2-c2cccc(C)c2)cc1. The van der Waals surface area contributed by atoms with E-state index in [1.165, 1.54) is 22.2 Å². The lowest BCUT2D eigenvalue weighted by Crippen LogP contribution is -2.14. The molecule has 33 heavy (non-hydrogen) atoms. The molecule has 0 saturated heterocycles. The number of aromatic nitrogens is 3. The number of nitrogens with zero attached hydrogens (tertiary/aromatic N) is 3. The summed E-state index contributed by atoms with van der Waals surface area (Å²) in [6.07, 6.45) is 0. The fourth-order valence-corrected chi connectivity index (χ4v) is 4.93. The Morgan fingerprint density at radius 3 is 2.30 bits per heavy atom. The summed E-state index contributed by atoms with van der Waals surface area (Å²) in [7, 11) is 0. The Hall–Kier alpha value is -3.03. The Morgan fingerprint density at radius 1 is 0.848 bits per heavy atom. The Labute approximate surface area is 203 Å². The van der Waals surface area contributed by atoms with E-state index in [2.05, 4.69) is 70.3 Å². The van der Waals surface area contributed by atoms with Gasteiger partial charge in [0, 0.05) is 16.3 Å². The maximum Gasteiger partial charge on any atom is 0.234 e. The normalized spacial score (nSPS) is 10.9. The minimum atomic E-state index is -0.0695. The minimum Gasteiger partial charge on any atom is -0.325 e. The minimum absolute atomic E-state index is 0.0695. The van der Waals surface area contributed by atoms with Crippen LogP contribution in [0.15, 0.2) is 82.8 Å². The summed E-state index contributed by atoms with van der Waals surface area (Å²) in [6, 6.07) is 24.5. The second kappa shape index (κ2) is 10.7. The van der Waals surface area contributed by atoms with E-state index < -0.39 is 0 Å². The first kappa shape index (κ1) is 23.1. The Bertz CT molecular complexity index is 1250. The number of amides is 1. The number of carbonyl (C=O) groups is 1. The van der Waals surface area contributed by atoms with Gasteiger partial charge in [0.2, 0.25) is 5.91 Å². The molecular formula is C26H26N4OS2. The van der Waals surface area contributed by atoms with Gasteiger partial charge in [0.1, 0.15) is 5.82 Å². The van der Waals surface area contributed by atoms with Crippen LogP contribution in [0.5, 0.6) is 0 Å². The molecule has 0 saturated carbocycles. The molecule has 1 amide bonds. The maximum atomic E-state index is 12.6. The smallest absolute Gasteiger partial charge is 0.234 e. The number of rotatable bonds is 8. The molecule has 0 radical (unpaired) electrons. The van der Waals surface area contributed by atoms with Crippen molar-refractivity contribution in [3.05, 3.63) is 95.3 Å². The van der Waals surface area contributed by atoms with Gasteiger partial charge in [-0.2, -0.15) is 0 Å². The molecule has 1 aromatic heterocycles. The van der Waals surface area contributed by atoms with E-state index in [1.54, 1.807) is 11.8 Å². The molecule has 0 fully saturated rings. The van der Waals surface area contributed by atoms with Crippen LogP contribution in [0.1, 0.15) is 22.5 Å². The molecule has 168 valence electrons. The molecule has 1 N–H and O–H groups in total. The number of benzene rings is 3. The summed E-state index contributed by atoms with van der Waals surface area (Å²) in [5, 5.41) is 12.6. The molecule has 5 nitrogen and oxygen atoms in total. The Morgan fingerprint density at radius 2 is 1.58 bits per heavy atom. The van der Waals surface area contributed by atoms with Crippen LogP contribution >= 0.6 is 23.5 Å². The molecule has 3 aromatic carbocycles. The van der Waals surface area contributed by atoms with E-state index in [0.29, 0.717) is 10.9 Å². The summed E-state index contributed by atoms with van der Waals surface area (Å²) in [5.41, 5.74) is 5.31. The van der Waals surface area contributed by atoms with Crippen molar-refractivity contribution in [1.82, 2.24) is 14.8 Å². The van der Waals surface area contributed by atoms with E-state index in [1.807, 2.05) is 43.3 Å². The van der Waals surface area contributed by atoms with Crippen LogP contribution in [0.25, 0.3) is 5.69 Å². The lowest BCUT2D eigenvalue weighted by Gasteiger charge is -2.11. The molecule has 0 unspecified atom stereocenters. The number of carbonyl (C=O) groups excluding carboxylic acids is 1. The zero-order valence-electron chi connectivity index (χ0n) is 18.9. The second-order valence-corrected chi connectivity index (χ2v) is 9.87. The zero-order chi connectivity index (χ0) is 23.2. The van der Waals surface area contributed by atoms with Crippen molar-refractivity contribution in [2.75, 3.05) is 11.1 Å². The molecule has 4 rings (SSSR count). The first-order valence-corrected chi connectivity index (χ1v) is 12.7. The molecule has 0 spiro atoms. The van der Waals surface area contributed by atoms with Crippen molar-refractivity contribution in [3.63, 3.8) is 0 Å². The number of anilines is 1. The van der Waals surface area contributed by atoms with Crippen molar-refractivity contribution in [2.24, 2.45) is 0 Å². The number of thioether (sulfide) groups is 2. The van der Waals surface area contributed by atoms with Gasteiger partial charge in [0.25, 0.3) is 0 Å². The topological polar surface area (TPSA) is 59.8 Å². The molecule has 0 aliphatic heterocycles. The van der Waals surface area contributed by atoms with Gasteiger partial charge in [0.05, 0.1) is 11.5 Å². The largest absolute Gasteiger partial charge is 0.325 e. The van der Waals surface area contributed by atoms with Crippen molar-refractivity contribution in [3.8, 4) is 5.69 Å². The fraction of sp³-hybridized carbons (Fsp3) is 0.192. The quantitative estimate of drug-likeness (QED) is 0.307. The second-order valence-electron chi connectivity index (χ2n) is 7.88. The van der Waals surface area contributed by atoms with Crippen LogP contribution in [-0.2, 0) is 10.5 Å². The molecule has 1 heterocycles. The first-order chi connectivity index (χ1) is 16.0. The standard InChI is InChI=1S/C26H26N4OS2/c1-18-10-12-23(13-11-18)32-16-24-28-29-26(30(24)22-9-5-7-20(3)15-22)33-17-25(31)27-21-8-4-6-19(2)14-21/h4-15H,16-17H2,1-3H3,(H,27,31). The van der Waals surface area contributed by atoms with Crippen LogP contribution in [-0.4, -0.2) is 26.4 Å². The summed E-state index contributed by atoms with van der Waals surface area (Å²) >= 11 is 3.12. The average molecular weight is 475 g/mol. The monoisotopic (exact) mass is 474 g/mol. The highest BCUT2D eigenvalue weighted by molar-refractivity contribution is 7.99. The average Bonchev–Trinajstić information content (AvgIpc) is 3.20. The first-order valence-electron chi connectivity index (χ1n) is 10.7. The van der Waals surface area contributed by atoms with Crippen molar-refractivity contribution in [1.29, 1.82) is 0 Å². The lowest BCUT2D eigenvalue weighted by molar-refractivity contribution is -0.113. The van der Waals surface area contributed by atoms with Crippen LogP contribution in [0.4, 0.5) is 5.69 Å². The Kier molecular flexibility index (Phi) is 7.52. The molecular weight excluding hydrogens is 448 g/mol. The molecule has 0 bridgehead atoms. The van der Waals surface area contributed by atoms with Gasteiger partial charge < -0.3 is 5.32 Å². The maximum absolute atomic E-state index is 12.6. The highest BCUT2D eigenvalue weighted by Crippen LogP contribution is 2.28. The summed E-state index contributed by atoms with van der Waals surface area (Å²) < 4.78 is 2.05. The number of hydrogen-bond acceptors (Lipinski definition) is 5. The van der Waals surface area contributed by atoms with E-state index in [4.69, 9.17) is 0 Å². The fourth-order valence-electron chi connectivity index (χ4n) is 3.35. The van der Waals surface area contributed by atoms with E-state index in [0.717, 1.165) is 28.3 Å². The predicted octanol–water partition coefficient (Wildman–Crippen LogP) is 6.22. The third-order valence-corrected chi connectivity index (χ3v) is 6.92. The van der Waals surface area contributed by atoms with Crippen LogP contribution < -0.4 is 5.32 Å². The van der Waals surface area contributed by atoms with Gasteiger partial charge >= 0.3 is 0 Å². The van der Waals surface area contributed by atoms with Crippen LogP contribution in [0, 0.1) is 20.8 Å². The number of nitrogens with one attached hydrogen (secondary N) is 1. The predicted molar refractivity (Wildman–Crippen MR) is 137 cm³/mol. The van der Waals surface area contributed by atoms with Gasteiger partial charge in [-0.25, -0.2) is 0 Å². The van der Waals surface area contributed by atoms with E-state index >= 15 is 0 Å². The summed E-state index contributed by atoms with van der Waals surface area (Å²) in [5.74, 6) is 1.72. The highest BCUT2D eigenvalue weighted by atomic mass is 32.2.